The van der Waals surface area contributed by atoms with Gasteiger partial charge in [-0.25, -0.2) is 0 Å². The van der Waals surface area contributed by atoms with Crippen LogP contribution in [0.15, 0.2) is 12.7 Å². The lowest BCUT2D eigenvalue weighted by molar-refractivity contribution is 0.283. The van der Waals surface area contributed by atoms with Crippen molar-refractivity contribution in [2.24, 2.45) is 17.4 Å². The summed E-state index contributed by atoms with van der Waals surface area (Å²) in [5.74, 6) is 0.632. The van der Waals surface area contributed by atoms with E-state index in [0.717, 1.165) is 19.3 Å². The highest BCUT2D eigenvalue weighted by Crippen LogP contribution is 2.24. The van der Waals surface area contributed by atoms with Crippen molar-refractivity contribution < 1.29 is 0 Å². The van der Waals surface area contributed by atoms with E-state index in [-0.39, 0.29) is 0 Å². The molecular formula is C9H18N2. The fraction of sp³-hybridized carbons (Fsp3) is 0.778. The predicted octanol–water partition coefficient (Wildman–Crippen LogP) is 1.02. The summed E-state index contributed by atoms with van der Waals surface area (Å²) in [5.41, 5.74) is 11.7. The van der Waals surface area contributed by atoms with Gasteiger partial charge in [0.15, 0.2) is 0 Å². The number of hydrogen-bond acceptors (Lipinski definition) is 2. The highest BCUT2D eigenvalue weighted by atomic mass is 14.7. The zero-order valence-electron chi connectivity index (χ0n) is 7.00. The maximum atomic E-state index is 5.93. The van der Waals surface area contributed by atoms with Crippen LogP contribution < -0.4 is 11.5 Å². The lowest BCUT2D eigenvalue weighted by Gasteiger charge is -2.31. The summed E-state index contributed by atoms with van der Waals surface area (Å²) in [6, 6.07) is 0.641. The van der Waals surface area contributed by atoms with E-state index in [4.69, 9.17) is 11.5 Å². The molecule has 0 heterocycles. The van der Waals surface area contributed by atoms with Gasteiger partial charge >= 0.3 is 0 Å². The van der Waals surface area contributed by atoms with Crippen molar-refractivity contribution in [3.05, 3.63) is 12.7 Å². The Balaban J connectivity index is 2.37. The Labute approximate surface area is 68.6 Å². The van der Waals surface area contributed by atoms with E-state index >= 15 is 0 Å². The van der Waals surface area contributed by atoms with E-state index in [1.54, 1.807) is 0 Å². The van der Waals surface area contributed by atoms with Gasteiger partial charge in [-0.05, 0) is 31.6 Å². The Morgan fingerprint density at radius 3 is 2.64 bits per heavy atom. The van der Waals surface area contributed by atoms with Crippen LogP contribution in [0.1, 0.15) is 25.7 Å². The summed E-state index contributed by atoms with van der Waals surface area (Å²) in [5, 5.41) is 0. The van der Waals surface area contributed by atoms with Gasteiger partial charge < -0.3 is 11.5 Å². The second-order valence-corrected chi connectivity index (χ2v) is 3.52. The van der Waals surface area contributed by atoms with Crippen LogP contribution in [0.25, 0.3) is 0 Å². The Hall–Kier alpha value is -0.340. The minimum atomic E-state index is 0.303. The molecule has 1 aliphatic carbocycles. The molecule has 0 aliphatic heterocycles. The minimum absolute atomic E-state index is 0.303. The molecule has 1 rings (SSSR count). The van der Waals surface area contributed by atoms with Crippen LogP contribution in [-0.4, -0.2) is 12.1 Å². The van der Waals surface area contributed by atoms with Crippen molar-refractivity contribution >= 4 is 0 Å². The molecule has 0 aromatic carbocycles. The first-order chi connectivity index (χ1) is 5.24. The van der Waals surface area contributed by atoms with Crippen LogP contribution in [0.5, 0.6) is 0 Å². The SMILES string of the molecule is C=CCC1CCC(N)CC1N. The van der Waals surface area contributed by atoms with Gasteiger partial charge in [0, 0.05) is 12.1 Å². The quantitative estimate of drug-likeness (QED) is 0.583. The van der Waals surface area contributed by atoms with Crippen molar-refractivity contribution in [3.8, 4) is 0 Å². The molecule has 0 spiro atoms. The number of rotatable bonds is 2. The van der Waals surface area contributed by atoms with Gasteiger partial charge in [-0.15, -0.1) is 6.58 Å². The standard InChI is InChI=1S/C9H18N2/c1-2-3-7-4-5-8(10)6-9(7)11/h2,7-9H,1,3-6,10-11H2. The molecule has 64 valence electrons. The predicted molar refractivity (Wildman–Crippen MR) is 48.1 cm³/mol. The van der Waals surface area contributed by atoms with E-state index in [1.807, 2.05) is 6.08 Å². The molecule has 3 atom stereocenters. The van der Waals surface area contributed by atoms with Crippen LogP contribution in [0.4, 0.5) is 0 Å². The third kappa shape index (κ3) is 2.31. The molecule has 3 unspecified atom stereocenters. The highest BCUT2D eigenvalue weighted by Gasteiger charge is 2.24. The van der Waals surface area contributed by atoms with Crippen molar-refractivity contribution in [1.82, 2.24) is 0 Å². The summed E-state index contributed by atoms with van der Waals surface area (Å²) in [4.78, 5) is 0. The summed E-state index contributed by atoms with van der Waals surface area (Å²) in [6.45, 7) is 3.72. The molecule has 0 radical (unpaired) electrons. The molecule has 2 heteroatoms. The van der Waals surface area contributed by atoms with Gasteiger partial charge in [0.05, 0.1) is 0 Å². The van der Waals surface area contributed by atoms with Gasteiger partial charge in [-0.3, -0.25) is 0 Å². The average molecular weight is 154 g/mol. The number of nitrogens with two attached hydrogens (primary N) is 2. The normalized spacial score (nSPS) is 38.5. The Kier molecular flexibility index (Phi) is 3.09. The zero-order chi connectivity index (χ0) is 8.27. The molecule has 0 aromatic rings. The van der Waals surface area contributed by atoms with E-state index < -0.39 is 0 Å². The van der Waals surface area contributed by atoms with Crippen molar-refractivity contribution in [1.29, 1.82) is 0 Å². The molecule has 0 aromatic heterocycles. The molecule has 1 aliphatic rings. The Morgan fingerprint density at radius 2 is 2.09 bits per heavy atom. The van der Waals surface area contributed by atoms with Gasteiger partial charge in [-0.2, -0.15) is 0 Å². The maximum absolute atomic E-state index is 5.93. The van der Waals surface area contributed by atoms with E-state index in [9.17, 15) is 0 Å². The summed E-state index contributed by atoms with van der Waals surface area (Å²) in [6.07, 6.45) is 6.30. The van der Waals surface area contributed by atoms with Crippen LogP contribution in [-0.2, 0) is 0 Å². The second kappa shape index (κ2) is 3.88. The van der Waals surface area contributed by atoms with Crippen molar-refractivity contribution in [3.63, 3.8) is 0 Å². The Bertz CT molecular complexity index is 134. The van der Waals surface area contributed by atoms with Gasteiger partial charge in [-0.1, -0.05) is 6.08 Å². The number of allylic oxidation sites excluding steroid dienone is 1. The van der Waals surface area contributed by atoms with Crippen molar-refractivity contribution in [2.45, 2.75) is 37.8 Å². The fourth-order valence-electron chi connectivity index (χ4n) is 1.81. The summed E-state index contributed by atoms with van der Waals surface area (Å²) in [7, 11) is 0. The van der Waals surface area contributed by atoms with Gasteiger partial charge in [0.2, 0.25) is 0 Å². The third-order valence-corrected chi connectivity index (χ3v) is 2.56. The molecular weight excluding hydrogens is 136 g/mol. The van der Waals surface area contributed by atoms with Gasteiger partial charge in [0.1, 0.15) is 0 Å². The third-order valence-electron chi connectivity index (χ3n) is 2.56. The molecule has 1 fully saturated rings. The number of hydrogen-bond donors (Lipinski definition) is 2. The molecule has 0 amide bonds. The minimum Gasteiger partial charge on any atom is -0.328 e. The molecule has 1 saturated carbocycles. The van der Waals surface area contributed by atoms with Crippen LogP contribution in [0.2, 0.25) is 0 Å². The van der Waals surface area contributed by atoms with Crippen LogP contribution in [0.3, 0.4) is 0 Å². The first kappa shape index (κ1) is 8.75. The van der Waals surface area contributed by atoms with E-state index in [1.165, 1.54) is 6.42 Å². The largest absolute Gasteiger partial charge is 0.328 e. The smallest absolute Gasteiger partial charge is 0.00848 e. The lowest BCUT2D eigenvalue weighted by Crippen LogP contribution is -2.41. The van der Waals surface area contributed by atoms with E-state index in [0.29, 0.717) is 18.0 Å². The molecule has 11 heavy (non-hydrogen) atoms. The van der Waals surface area contributed by atoms with E-state index in [2.05, 4.69) is 6.58 Å². The topological polar surface area (TPSA) is 52.0 Å². The molecule has 0 bridgehead atoms. The first-order valence-electron chi connectivity index (χ1n) is 4.36. The van der Waals surface area contributed by atoms with Gasteiger partial charge in [0.25, 0.3) is 0 Å². The van der Waals surface area contributed by atoms with Crippen molar-refractivity contribution in [2.75, 3.05) is 0 Å². The maximum Gasteiger partial charge on any atom is 0.00848 e. The first-order valence-corrected chi connectivity index (χ1v) is 4.36. The second-order valence-electron chi connectivity index (χ2n) is 3.52. The molecule has 0 saturated heterocycles. The Morgan fingerprint density at radius 1 is 1.36 bits per heavy atom. The fourth-order valence-corrected chi connectivity index (χ4v) is 1.81. The zero-order valence-corrected chi connectivity index (χ0v) is 7.00. The van der Waals surface area contributed by atoms with Crippen LogP contribution >= 0.6 is 0 Å². The molecule has 2 nitrogen and oxygen atoms in total. The summed E-state index contributed by atoms with van der Waals surface area (Å²) < 4.78 is 0. The molecule has 4 N–H and O–H groups in total. The van der Waals surface area contributed by atoms with Crippen LogP contribution in [0, 0.1) is 5.92 Å². The average Bonchev–Trinajstić information content (AvgIpc) is 1.95. The monoisotopic (exact) mass is 154 g/mol. The lowest BCUT2D eigenvalue weighted by atomic mass is 9.81. The highest BCUT2D eigenvalue weighted by molar-refractivity contribution is 4.87. The summed E-state index contributed by atoms with van der Waals surface area (Å²) >= 11 is 0.